The van der Waals surface area contributed by atoms with E-state index in [0.717, 1.165) is 35.1 Å². The summed E-state index contributed by atoms with van der Waals surface area (Å²) < 4.78 is 19.5. The first-order chi connectivity index (χ1) is 13.4. The van der Waals surface area contributed by atoms with Crippen molar-refractivity contribution in [2.24, 2.45) is 0 Å². The fourth-order valence-electron chi connectivity index (χ4n) is 3.77. The lowest BCUT2D eigenvalue weighted by Crippen LogP contribution is -2.21. The van der Waals surface area contributed by atoms with Crippen LogP contribution in [-0.4, -0.2) is 4.89 Å². The van der Waals surface area contributed by atoms with Crippen molar-refractivity contribution in [3.8, 4) is 0 Å². The van der Waals surface area contributed by atoms with Crippen LogP contribution >= 0.6 is 8.69 Å². The average Bonchev–Trinajstić information content (AvgIpc) is 2.63. The lowest BCUT2D eigenvalue weighted by atomic mass is 9.76. The zero-order chi connectivity index (χ0) is 22.0. The van der Waals surface area contributed by atoms with Crippen LogP contribution in [0.25, 0.3) is 0 Å². The van der Waals surface area contributed by atoms with E-state index in [4.69, 9.17) is 4.52 Å². The molecule has 0 amide bonds. The Hall–Kier alpha value is -1.28. The van der Waals surface area contributed by atoms with Gasteiger partial charge in [-0.15, -0.1) is 0 Å². The Kier molecular flexibility index (Phi) is 7.65. The molecule has 0 saturated heterocycles. The summed E-state index contributed by atoms with van der Waals surface area (Å²) in [6.45, 7) is 17.2. The van der Waals surface area contributed by atoms with Gasteiger partial charge in [0, 0.05) is 0 Å². The van der Waals surface area contributed by atoms with Gasteiger partial charge in [0.05, 0.1) is 0 Å². The normalized spacial score (nSPS) is 13.8. The summed E-state index contributed by atoms with van der Waals surface area (Å²) in [6.07, 6.45) is 1.21. The molecular weight excluding hydrogens is 382 g/mol. The Morgan fingerprint density at radius 1 is 0.828 bits per heavy atom. The molecule has 0 aliphatic heterocycles. The largest absolute Gasteiger partial charge is 0.373 e. The first-order valence-electron chi connectivity index (χ1n) is 10.5. The summed E-state index contributed by atoms with van der Waals surface area (Å²) in [7, 11) is -3.01. The van der Waals surface area contributed by atoms with Crippen LogP contribution in [0.3, 0.4) is 0 Å². The molecule has 0 spiro atoms. The van der Waals surface area contributed by atoms with Crippen molar-refractivity contribution in [2.75, 3.05) is 0 Å². The highest BCUT2D eigenvalue weighted by molar-refractivity contribution is 7.40. The lowest BCUT2D eigenvalue weighted by Gasteiger charge is -2.32. The Balaban J connectivity index is 2.78. The first kappa shape index (κ1) is 24.0. The van der Waals surface area contributed by atoms with Crippen LogP contribution in [0.1, 0.15) is 94.9 Å². The third-order valence-electron chi connectivity index (χ3n) is 5.43. The Bertz CT molecular complexity index is 766. The van der Waals surface area contributed by atoms with Crippen molar-refractivity contribution < 1.29 is 13.6 Å². The second kappa shape index (κ2) is 9.25. The first-order valence-corrected chi connectivity index (χ1v) is 11.6. The van der Waals surface area contributed by atoms with Crippen molar-refractivity contribution in [1.29, 1.82) is 0 Å². The van der Waals surface area contributed by atoms with Gasteiger partial charge in [0.25, 0.3) is 0 Å². The standard InChI is InChI=1S/C25H36FO2P/c1-9-17-11-13-19(21(15-17)24(3,4)5)23(28-29(26)27)20-14-12-18(10-2)16-22(20)25(6,7)8/h11-16,23,27H,9-10H2,1-8H3. The van der Waals surface area contributed by atoms with Crippen LogP contribution < -0.4 is 0 Å². The van der Waals surface area contributed by atoms with Crippen LogP contribution in [0.4, 0.5) is 4.20 Å². The maximum Gasteiger partial charge on any atom is 0.373 e. The Morgan fingerprint density at radius 3 is 1.48 bits per heavy atom. The summed E-state index contributed by atoms with van der Waals surface area (Å²) in [5, 5.41) is 0. The summed E-state index contributed by atoms with van der Waals surface area (Å²) >= 11 is 0. The van der Waals surface area contributed by atoms with Gasteiger partial charge in [0.2, 0.25) is 0 Å². The minimum Gasteiger partial charge on any atom is -0.325 e. The predicted octanol–water partition coefficient (Wildman–Crippen LogP) is 7.70. The molecule has 0 bridgehead atoms. The van der Waals surface area contributed by atoms with E-state index in [1.54, 1.807) is 0 Å². The Labute approximate surface area is 177 Å². The number of hydrogen-bond donors (Lipinski definition) is 1. The second-order valence-electron chi connectivity index (χ2n) is 9.76. The van der Waals surface area contributed by atoms with Gasteiger partial charge in [-0.3, -0.25) is 4.52 Å². The highest BCUT2D eigenvalue weighted by Crippen LogP contribution is 2.47. The maximum atomic E-state index is 13.9. The molecule has 160 valence electrons. The van der Waals surface area contributed by atoms with Gasteiger partial charge in [0.15, 0.2) is 0 Å². The van der Waals surface area contributed by atoms with E-state index in [1.165, 1.54) is 11.1 Å². The molecule has 29 heavy (non-hydrogen) atoms. The molecule has 2 rings (SSSR count). The SMILES string of the molecule is CCc1ccc(C(OP(O)F)c2ccc(CC)cc2C(C)(C)C)c(C(C)(C)C)c1. The molecule has 4 heteroatoms. The highest BCUT2D eigenvalue weighted by Gasteiger charge is 2.31. The van der Waals surface area contributed by atoms with Crippen molar-refractivity contribution in [1.82, 2.24) is 0 Å². The van der Waals surface area contributed by atoms with Gasteiger partial charge in [-0.05, 0) is 57.1 Å². The van der Waals surface area contributed by atoms with Crippen molar-refractivity contribution in [3.05, 3.63) is 69.8 Å². The van der Waals surface area contributed by atoms with E-state index in [0.29, 0.717) is 0 Å². The van der Waals surface area contributed by atoms with Gasteiger partial charge in [-0.2, -0.15) is 4.20 Å². The average molecular weight is 419 g/mol. The number of halogens is 1. The molecule has 1 atom stereocenters. The predicted molar refractivity (Wildman–Crippen MR) is 122 cm³/mol. The fourth-order valence-corrected chi connectivity index (χ4v) is 4.17. The van der Waals surface area contributed by atoms with E-state index in [-0.39, 0.29) is 10.8 Å². The number of benzene rings is 2. The van der Waals surface area contributed by atoms with Crippen LogP contribution in [0.15, 0.2) is 36.4 Å². The van der Waals surface area contributed by atoms with Crippen LogP contribution in [0.5, 0.6) is 0 Å². The zero-order valence-electron chi connectivity index (χ0n) is 19.1. The van der Waals surface area contributed by atoms with Gasteiger partial charge >= 0.3 is 8.69 Å². The summed E-state index contributed by atoms with van der Waals surface area (Å²) in [4.78, 5) is 9.61. The third kappa shape index (κ3) is 5.87. The van der Waals surface area contributed by atoms with Crippen molar-refractivity contribution in [2.45, 2.75) is 85.2 Å². The third-order valence-corrected chi connectivity index (χ3v) is 5.81. The summed E-state index contributed by atoms with van der Waals surface area (Å²) in [5.74, 6) is 0. The van der Waals surface area contributed by atoms with E-state index in [1.807, 2.05) is 12.1 Å². The van der Waals surface area contributed by atoms with Gasteiger partial charge in [-0.25, -0.2) is 0 Å². The molecule has 1 N–H and O–H groups in total. The van der Waals surface area contributed by atoms with Crippen LogP contribution in [0, 0.1) is 0 Å². The summed E-state index contributed by atoms with van der Waals surface area (Å²) in [5.41, 5.74) is 6.29. The topological polar surface area (TPSA) is 29.5 Å². The van der Waals surface area contributed by atoms with Gasteiger partial charge in [-0.1, -0.05) is 91.8 Å². The van der Waals surface area contributed by atoms with Crippen molar-refractivity contribution in [3.63, 3.8) is 0 Å². The van der Waals surface area contributed by atoms with Crippen LogP contribution in [-0.2, 0) is 28.2 Å². The fraction of sp³-hybridized carbons (Fsp3) is 0.520. The molecule has 2 aromatic carbocycles. The molecule has 0 radical (unpaired) electrons. The maximum absolute atomic E-state index is 13.9. The highest BCUT2D eigenvalue weighted by atomic mass is 31.2. The van der Waals surface area contributed by atoms with E-state index >= 15 is 0 Å². The monoisotopic (exact) mass is 418 g/mol. The zero-order valence-corrected chi connectivity index (χ0v) is 20.0. The van der Waals surface area contributed by atoms with Crippen LogP contribution in [0.2, 0.25) is 0 Å². The molecule has 2 nitrogen and oxygen atoms in total. The van der Waals surface area contributed by atoms with Gasteiger partial charge < -0.3 is 4.89 Å². The molecule has 0 heterocycles. The lowest BCUT2D eigenvalue weighted by molar-refractivity contribution is 0.219. The summed E-state index contributed by atoms with van der Waals surface area (Å²) in [6, 6.07) is 12.6. The molecule has 2 aromatic rings. The molecule has 0 aliphatic rings. The number of hydrogen-bond acceptors (Lipinski definition) is 2. The molecule has 1 unspecified atom stereocenters. The smallest absolute Gasteiger partial charge is 0.325 e. The quantitative estimate of drug-likeness (QED) is 0.487. The number of rotatable bonds is 6. The molecule has 0 aliphatic carbocycles. The second-order valence-corrected chi connectivity index (χ2v) is 10.4. The minimum absolute atomic E-state index is 0.137. The molecular formula is C25H36FO2P. The van der Waals surface area contributed by atoms with E-state index in [2.05, 4.69) is 79.7 Å². The number of aryl methyl sites for hydroxylation is 2. The van der Waals surface area contributed by atoms with E-state index in [9.17, 15) is 9.09 Å². The van der Waals surface area contributed by atoms with E-state index < -0.39 is 14.8 Å². The van der Waals surface area contributed by atoms with Gasteiger partial charge in [0.1, 0.15) is 6.10 Å². The molecule has 0 saturated carbocycles. The van der Waals surface area contributed by atoms with Crippen molar-refractivity contribution >= 4 is 8.69 Å². The Morgan fingerprint density at radius 2 is 1.21 bits per heavy atom. The molecule has 0 aromatic heterocycles. The molecule has 0 fully saturated rings. The minimum atomic E-state index is -3.01.